The van der Waals surface area contributed by atoms with E-state index in [0.717, 1.165) is 37.9 Å². The summed E-state index contributed by atoms with van der Waals surface area (Å²) in [6, 6.07) is 0.567. The van der Waals surface area contributed by atoms with Crippen LogP contribution < -0.4 is 10.2 Å². The van der Waals surface area contributed by atoms with Crippen molar-refractivity contribution in [2.24, 2.45) is 11.8 Å². The molecule has 1 saturated heterocycles. The minimum absolute atomic E-state index is 0.567. The Bertz CT molecular complexity index is 459. The van der Waals surface area contributed by atoms with E-state index in [4.69, 9.17) is 0 Å². The highest BCUT2D eigenvalue weighted by atomic mass is 15.2. The van der Waals surface area contributed by atoms with Gasteiger partial charge in [0, 0.05) is 37.7 Å². The monoisotopic (exact) mass is 260 g/mol. The van der Waals surface area contributed by atoms with Crippen LogP contribution >= 0.6 is 0 Å². The number of anilines is 1. The normalized spacial score (nSPS) is 31.1. The van der Waals surface area contributed by atoms with Crippen LogP contribution in [0.3, 0.4) is 0 Å². The van der Waals surface area contributed by atoms with Crippen molar-refractivity contribution in [1.82, 2.24) is 15.3 Å². The van der Waals surface area contributed by atoms with Gasteiger partial charge in [0.25, 0.3) is 0 Å². The maximum Gasteiger partial charge on any atom is 0.137 e. The molecular formula is C15H24N4. The highest BCUT2D eigenvalue weighted by Crippen LogP contribution is 2.33. The Labute approximate surface area is 115 Å². The number of piperidine rings is 1. The van der Waals surface area contributed by atoms with E-state index in [1.165, 1.54) is 23.5 Å². The summed E-state index contributed by atoms with van der Waals surface area (Å²) in [6.45, 7) is 10.1. The molecule has 1 aromatic rings. The molecule has 3 heterocycles. The van der Waals surface area contributed by atoms with E-state index >= 15 is 0 Å². The third kappa shape index (κ3) is 2.34. The van der Waals surface area contributed by atoms with Gasteiger partial charge in [0.2, 0.25) is 0 Å². The highest BCUT2D eigenvalue weighted by molar-refractivity contribution is 5.50. The van der Waals surface area contributed by atoms with E-state index in [1.807, 2.05) is 0 Å². The van der Waals surface area contributed by atoms with Crippen LogP contribution in [0, 0.1) is 11.8 Å². The van der Waals surface area contributed by atoms with Crippen molar-refractivity contribution in [2.75, 3.05) is 18.0 Å². The van der Waals surface area contributed by atoms with Crippen molar-refractivity contribution in [3.63, 3.8) is 0 Å². The fraction of sp³-hybridized carbons (Fsp3) is 0.733. The van der Waals surface area contributed by atoms with Gasteiger partial charge in [-0.2, -0.15) is 0 Å². The predicted molar refractivity (Wildman–Crippen MR) is 77.2 cm³/mol. The Morgan fingerprint density at radius 3 is 2.95 bits per heavy atom. The van der Waals surface area contributed by atoms with Gasteiger partial charge in [-0.15, -0.1) is 0 Å². The van der Waals surface area contributed by atoms with E-state index < -0.39 is 0 Å². The SMILES string of the molecule is CC1CC(C)C(C)N(c2ncnc3c2CNCC3)C1. The van der Waals surface area contributed by atoms with Gasteiger partial charge < -0.3 is 10.2 Å². The van der Waals surface area contributed by atoms with Crippen LogP contribution in [0.5, 0.6) is 0 Å². The van der Waals surface area contributed by atoms with Crippen molar-refractivity contribution in [3.8, 4) is 0 Å². The third-order valence-corrected chi connectivity index (χ3v) is 4.72. The van der Waals surface area contributed by atoms with Crippen molar-refractivity contribution < 1.29 is 0 Å². The van der Waals surface area contributed by atoms with Gasteiger partial charge in [0.1, 0.15) is 12.1 Å². The topological polar surface area (TPSA) is 41.1 Å². The molecule has 1 N–H and O–H groups in total. The number of nitrogens with zero attached hydrogens (tertiary/aromatic N) is 3. The summed E-state index contributed by atoms with van der Waals surface area (Å²) >= 11 is 0. The minimum Gasteiger partial charge on any atom is -0.353 e. The molecule has 2 aliphatic heterocycles. The molecule has 0 aliphatic carbocycles. The Balaban J connectivity index is 1.96. The minimum atomic E-state index is 0.567. The molecule has 0 radical (unpaired) electrons. The van der Waals surface area contributed by atoms with Crippen LogP contribution in [-0.4, -0.2) is 29.1 Å². The van der Waals surface area contributed by atoms with Gasteiger partial charge >= 0.3 is 0 Å². The van der Waals surface area contributed by atoms with Gasteiger partial charge in [-0.25, -0.2) is 9.97 Å². The summed E-state index contributed by atoms with van der Waals surface area (Å²) in [5.74, 6) is 2.64. The summed E-state index contributed by atoms with van der Waals surface area (Å²) < 4.78 is 0. The average molecular weight is 260 g/mol. The molecular weight excluding hydrogens is 236 g/mol. The molecule has 3 atom stereocenters. The van der Waals surface area contributed by atoms with Gasteiger partial charge in [0.15, 0.2) is 0 Å². The van der Waals surface area contributed by atoms with Crippen LogP contribution in [0.1, 0.15) is 38.4 Å². The van der Waals surface area contributed by atoms with Crippen molar-refractivity contribution in [2.45, 2.75) is 46.2 Å². The van der Waals surface area contributed by atoms with E-state index in [9.17, 15) is 0 Å². The Kier molecular flexibility index (Phi) is 3.44. The first-order valence-corrected chi connectivity index (χ1v) is 7.47. The summed E-state index contributed by atoms with van der Waals surface area (Å²) in [4.78, 5) is 11.6. The highest BCUT2D eigenvalue weighted by Gasteiger charge is 2.31. The Morgan fingerprint density at radius 2 is 2.11 bits per heavy atom. The fourth-order valence-electron chi connectivity index (χ4n) is 3.50. The molecule has 19 heavy (non-hydrogen) atoms. The van der Waals surface area contributed by atoms with Crippen molar-refractivity contribution in [1.29, 1.82) is 0 Å². The molecule has 4 nitrogen and oxygen atoms in total. The molecule has 104 valence electrons. The number of aromatic nitrogens is 2. The van der Waals surface area contributed by atoms with Crippen LogP contribution in [-0.2, 0) is 13.0 Å². The number of nitrogens with one attached hydrogen (secondary N) is 1. The molecule has 3 unspecified atom stereocenters. The molecule has 1 aromatic heterocycles. The first-order chi connectivity index (χ1) is 9.16. The number of fused-ring (bicyclic) bond motifs is 1. The lowest BCUT2D eigenvalue weighted by atomic mass is 9.85. The van der Waals surface area contributed by atoms with Gasteiger partial charge in [0.05, 0.1) is 5.69 Å². The molecule has 1 fully saturated rings. The smallest absolute Gasteiger partial charge is 0.137 e. The zero-order valence-corrected chi connectivity index (χ0v) is 12.2. The number of hydrogen-bond acceptors (Lipinski definition) is 4. The Hall–Kier alpha value is -1.16. The second kappa shape index (κ2) is 5.08. The maximum atomic E-state index is 4.61. The van der Waals surface area contributed by atoms with Crippen LogP contribution in [0.25, 0.3) is 0 Å². The first kappa shape index (κ1) is 12.9. The number of rotatable bonds is 1. The molecule has 0 aromatic carbocycles. The summed E-state index contributed by atoms with van der Waals surface area (Å²) in [5, 5.41) is 3.45. The zero-order chi connectivity index (χ0) is 13.4. The summed E-state index contributed by atoms with van der Waals surface area (Å²) in [7, 11) is 0. The van der Waals surface area contributed by atoms with Crippen LogP contribution in [0.15, 0.2) is 6.33 Å². The molecule has 2 aliphatic rings. The lowest BCUT2D eigenvalue weighted by molar-refractivity contribution is 0.294. The molecule has 0 amide bonds. The standard InChI is InChI=1S/C15H24N4/c1-10-6-11(2)12(3)19(8-10)15-13-7-16-5-4-14(13)17-9-18-15/h9-12,16H,4-8H2,1-3H3. The Morgan fingerprint density at radius 1 is 1.26 bits per heavy atom. The lowest BCUT2D eigenvalue weighted by Crippen LogP contribution is -2.47. The number of hydrogen-bond donors (Lipinski definition) is 1. The van der Waals surface area contributed by atoms with Crippen molar-refractivity contribution >= 4 is 5.82 Å². The molecule has 3 rings (SSSR count). The largest absolute Gasteiger partial charge is 0.353 e. The fourth-order valence-corrected chi connectivity index (χ4v) is 3.50. The van der Waals surface area contributed by atoms with E-state index in [2.05, 4.69) is 41.0 Å². The van der Waals surface area contributed by atoms with Gasteiger partial charge in [-0.05, 0) is 25.2 Å². The second-order valence-electron chi connectivity index (χ2n) is 6.26. The van der Waals surface area contributed by atoms with E-state index in [1.54, 1.807) is 6.33 Å². The van der Waals surface area contributed by atoms with Crippen molar-refractivity contribution in [3.05, 3.63) is 17.6 Å². The van der Waals surface area contributed by atoms with Gasteiger partial charge in [-0.1, -0.05) is 13.8 Å². The molecule has 0 spiro atoms. The summed E-state index contributed by atoms with van der Waals surface area (Å²) in [6.07, 6.45) is 4.09. The summed E-state index contributed by atoms with van der Waals surface area (Å²) in [5.41, 5.74) is 2.56. The third-order valence-electron chi connectivity index (χ3n) is 4.72. The second-order valence-corrected chi connectivity index (χ2v) is 6.26. The van der Waals surface area contributed by atoms with Crippen LogP contribution in [0.4, 0.5) is 5.82 Å². The quantitative estimate of drug-likeness (QED) is 0.838. The van der Waals surface area contributed by atoms with Gasteiger partial charge in [-0.3, -0.25) is 0 Å². The predicted octanol–water partition coefficient (Wildman–Crippen LogP) is 1.99. The van der Waals surface area contributed by atoms with Crippen LogP contribution in [0.2, 0.25) is 0 Å². The maximum absolute atomic E-state index is 4.61. The molecule has 4 heteroatoms. The average Bonchev–Trinajstić information content (AvgIpc) is 2.42. The zero-order valence-electron chi connectivity index (χ0n) is 12.2. The first-order valence-electron chi connectivity index (χ1n) is 7.47. The molecule has 0 saturated carbocycles. The van der Waals surface area contributed by atoms with E-state index in [0.29, 0.717) is 6.04 Å². The van der Waals surface area contributed by atoms with E-state index in [-0.39, 0.29) is 0 Å². The lowest BCUT2D eigenvalue weighted by Gasteiger charge is -2.43. The molecule has 0 bridgehead atoms.